The van der Waals surface area contributed by atoms with E-state index < -0.39 is 11.9 Å². The van der Waals surface area contributed by atoms with Crippen LogP contribution in [0, 0.1) is 11.3 Å². The fourth-order valence-electron chi connectivity index (χ4n) is 4.63. The molecule has 3 aromatic carbocycles. The molecule has 2 unspecified atom stereocenters. The van der Waals surface area contributed by atoms with Crippen LogP contribution in [0.25, 0.3) is 11.2 Å². The number of fused-ring (bicyclic) bond motifs is 1. The van der Waals surface area contributed by atoms with Crippen LogP contribution in [-0.2, 0) is 15.9 Å². The minimum atomic E-state index is -0.879. The van der Waals surface area contributed by atoms with Crippen LogP contribution < -0.4 is 5.32 Å². The number of nitrogens with zero attached hydrogens (tertiary/aromatic N) is 5. The molecule has 46 heavy (non-hydrogen) atoms. The van der Waals surface area contributed by atoms with Gasteiger partial charge in [0.1, 0.15) is 12.3 Å². The molecule has 236 valence electrons. The summed E-state index contributed by atoms with van der Waals surface area (Å²) in [5, 5.41) is 29.4. The fourth-order valence-corrected chi connectivity index (χ4v) is 4.63. The summed E-state index contributed by atoms with van der Waals surface area (Å²) >= 11 is 0. The topological polar surface area (TPSA) is 172 Å². The third kappa shape index (κ3) is 9.43. The van der Waals surface area contributed by atoms with Crippen LogP contribution in [-0.4, -0.2) is 68.0 Å². The monoisotopic (exact) mass is 622 g/mol. The van der Waals surface area contributed by atoms with Crippen molar-refractivity contribution in [3.8, 4) is 6.07 Å². The highest BCUT2D eigenvalue weighted by Gasteiger charge is 2.28. The van der Waals surface area contributed by atoms with E-state index in [2.05, 4.69) is 32.4 Å². The summed E-state index contributed by atoms with van der Waals surface area (Å²) in [7, 11) is 1.67. The Morgan fingerprint density at radius 1 is 0.935 bits per heavy atom. The molecule has 3 heterocycles. The maximum atomic E-state index is 10.2. The minimum absolute atomic E-state index is 0.0631. The van der Waals surface area contributed by atoms with Crippen molar-refractivity contribution in [1.82, 2.24) is 19.5 Å². The molecule has 1 saturated heterocycles. The van der Waals surface area contributed by atoms with Gasteiger partial charge in [-0.05, 0) is 49.1 Å². The van der Waals surface area contributed by atoms with E-state index in [4.69, 9.17) is 19.7 Å². The number of aromatic nitrogens is 4. The summed E-state index contributed by atoms with van der Waals surface area (Å²) in [5.41, 5.74) is 3.15. The highest BCUT2D eigenvalue weighted by molar-refractivity contribution is 5.87. The summed E-state index contributed by atoms with van der Waals surface area (Å²) in [4.78, 5) is 33.6. The molecule has 12 nitrogen and oxygen atoms in total. The lowest BCUT2D eigenvalue weighted by Crippen LogP contribution is -2.16. The molecule has 1 aliphatic rings. The van der Waals surface area contributed by atoms with Gasteiger partial charge in [-0.3, -0.25) is 4.57 Å². The van der Waals surface area contributed by atoms with Crippen LogP contribution in [0.2, 0.25) is 0 Å². The Kier molecular flexibility index (Phi) is 12.3. The predicted molar refractivity (Wildman–Crippen MR) is 170 cm³/mol. The minimum Gasteiger partial charge on any atom is -0.478 e. The number of nitrogens with one attached hydrogen (secondary N) is 1. The molecule has 3 N–H and O–H groups in total. The summed E-state index contributed by atoms with van der Waals surface area (Å²) in [6.07, 6.45) is 4.22. The lowest BCUT2D eigenvalue weighted by molar-refractivity contribution is -0.0300. The van der Waals surface area contributed by atoms with Crippen molar-refractivity contribution in [3.63, 3.8) is 0 Å². The molecule has 0 saturated carbocycles. The van der Waals surface area contributed by atoms with Gasteiger partial charge in [-0.1, -0.05) is 66.7 Å². The van der Waals surface area contributed by atoms with Crippen LogP contribution in [0.5, 0.6) is 0 Å². The first-order valence-electron chi connectivity index (χ1n) is 14.5. The lowest BCUT2D eigenvalue weighted by Gasteiger charge is -2.15. The average Bonchev–Trinajstić information content (AvgIpc) is 3.74. The number of nitriles is 1. The number of carboxylic acid groups (broad SMARTS) is 2. The molecule has 2 atom stereocenters. The zero-order chi connectivity index (χ0) is 32.7. The van der Waals surface area contributed by atoms with E-state index >= 15 is 0 Å². The molecular formula is C34H34N6O6. The first-order valence-corrected chi connectivity index (χ1v) is 14.5. The number of ether oxygens (including phenoxy) is 2. The number of carboxylic acids is 2. The number of hydrogen-bond donors (Lipinski definition) is 3. The Labute approximate surface area is 265 Å². The highest BCUT2D eigenvalue weighted by atomic mass is 16.5. The van der Waals surface area contributed by atoms with Crippen molar-refractivity contribution in [2.45, 2.75) is 31.6 Å². The molecule has 0 bridgehead atoms. The number of hydrogen-bond acceptors (Lipinski definition) is 9. The maximum Gasteiger partial charge on any atom is 0.335 e. The highest BCUT2D eigenvalue weighted by Crippen LogP contribution is 2.31. The molecule has 6 rings (SSSR count). The Hall–Kier alpha value is -5.64. The molecule has 1 aliphatic heterocycles. The summed E-state index contributed by atoms with van der Waals surface area (Å²) < 4.78 is 13.1. The number of rotatable bonds is 9. The van der Waals surface area contributed by atoms with Gasteiger partial charge in [-0.2, -0.15) is 15.2 Å². The zero-order valence-corrected chi connectivity index (χ0v) is 25.2. The third-order valence-corrected chi connectivity index (χ3v) is 6.86. The van der Waals surface area contributed by atoms with Gasteiger partial charge in [0.15, 0.2) is 17.0 Å². The van der Waals surface area contributed by atoms with Gasteiger partial charge >= 0.3 is 11.9 Å². The number of anilines is 1. The van der Waals surface area contributed by atoms with Crippen LogP contribution >= 0.6 is 0 Å². The Morgan fingerprint density at radius 2 is 1.52 bits per heavy atom. The molecule has 1 fully saturated rings. The molecule has 2 aromatic heterocycles. The van der Waals surface area contributed by atoms with E-state index in [1.54, 1.807) is 74.1 Å². The van der Waals surface area contributed by atoms with Crippen molar-refractivity contribution >= 4 is 28.9 Å². The standard InChI is InChI=1S/C20H22N6O2.2C7H6O2/c1-27-12-15-7-8-17(28-15)26-13-23-18-19(24-16(11-21)25-20(18)26)22-10-9-14-5-3-2-4-6-14;2*8-7(9)6-4-2-1-3-5-6/h2-6,13,15,17H,7-10,12H2,1H3,(H,22,24,25);2*1-5H,(H,8,9). The number of benzene rings is 3. The van der Waals surface area contributed by atoms with Crippen LogP contribution in [0.3, 0.4) is 0 Å². The van der Waals surface area contributed by atoms with E-state index in [-0.39, 0.29) is 18.2 Å². The van der Waals surface area contributed by atoms with Crippen LogP contribution in [0.15, 0.2) is 97.3 Å². The quantitative estimate of drug-likeness (QED) is 0.191. The Morgan fingerprint density at radius 3 is 2.04 bits per heavy atom. The van der Waals surface area contributed by atoms with Gasteiger partial charge in [0.25, 0.3) is 0 Å². The van der Waals surface area contributed by atoms with Crippen molar-refractivity contribution in [2.24, 2.45) is 0 Å². The first-order chi connectivity index (χ1) is 22.4. The van der Waals surface area contributed by atoms with E-state index in [9.17, 15) is 14.9 Å². The zero-order valence-electron chi connectivity index (χ0n) is 25.2. The Balaban J connectivity index is 0.000000216. The molecule has 5 aromatic rings. The lowest BCUT2D eigenvalue weighted by atomic mass is 10.1. The molecule has 0 aliphatic carbocycles. The molecule has 0 amide bonds. The van der Waals surface area contributed by atoms with Crippen LogP contribution in [0.1, 0.15) is 51.2 Å². The second kappa shape index (κ2) is 17.0. The van der Waals surface area contributed by atoms with Gasteiger partial charge in [-0.15, -0.1) is 0 Å². The normalized spacial score (nSPS) is 15.0. The van der Waals surface area contributed by atoms with Gasteiger partial charge in [0, 0.05) is 13.7 Å². The number of imidazole rings is 1. The van der Waals surface area contributed by atoms with E-state index in [0.29, 0.717) is 41.3 Å². The van der Waals surface area contributed by atoms with Crippen molar-refractivity contribution in [2.75, 3.05) is 25.6 Å². The van der Waals surface area contributed by atoms with Gasteiger partial charge < -0.3 is 25.0 Å². The van der Waals surface area contributed by atoms with E-state index in [1.807, 2.05) is 28.8 Å². The van der Waals surface area contributed by atoms with Gasteiger partial charge in [-0.25, -0.2) is 14.6 Å². The van der Waals surface area contributed by atoms with Crippen molar-refractivity contribution < 1.29 is 29.3 Å². The number of carbonyl (C=O) groups is 2. The van der Waals surface area contributed by atoms with Crippen LogP contribution in [0.4, 0.5) is 5.82 Å². The number of methoxy groups -OCH3 is 1. The fraction of sp³-hybridized carbons (Fsp3) is 0.235. The second-order valence-electron chi connectivity index (χ2n) is 10.1. The van der Waals surface area contributed by atoms with E-state index in [0.717, 1.165) is 19.3 Å². The molecule has 12 heteroatoms. The molecule has 0 spiro atoms. The van der Waals surface area contributed by atoms with Gasteiger partial charge in [0.05, 0.1) is 30.2 Å². The Bertz CT molecular complexity index is 1690. The summed E-state index contributed by atoms with van der Waals surface area (Å²) in [5.74, 6) is -1.07. The third-order valence-electron chi connectivity index (χ3n) is 6.86. The second-order valence-corrected chi connectivity index (χ2v) is 10.1. The number of aromatic carboxylic acids is 2. The van der Waals surface area contributed by atoms with E-state index in [1.165, 1.54) is 5.56 Å². The van der Waals surface area contributed by atoms with Crippen molar-refractivity contribution in [3.05, 3.63) is 120 Å². The predicted octanol–water partition coefficient (Wildman–Crippen LogP) is 5.45. The van der Waals surface area contributed by atoms with Gasteiger partial charge in [0.2, 0.25) is 5.82 Å². The van der Waals surface area contributed by atoms with Crippen molar-refractivity contribution in [1.29, 1.82) is 5.26 Å². The molecule has 0 radical (unpaired) electrons. The first kappa shape index (κ1) is 33.3. The largest absolute Gasteiger partial charge is 0.478 e. The summed E-state index contributed by atoms with van der Waals surface area (Å²) in [6.45, 7) is 1.25. The maximum absolute atomic E-state index is 10.2. The smallest absolute Gasteiger partial charge is 0.335 e. The molecular weight excluding hydrogens is 588 g/mol. The SMILES string of the molecule is COCC1CCC(n2cnc3c(NCCc4ccccc4)nc(C#N)nc32)O1.O=C(O)c1ccccc1.O=C(O)c1ccccc1. The average molecular weight is 623 g/mol. The summed E-state index contributed by atoms with van der Waals surface area (Å²) in [6, 6.07) is 28.8.